The number of halogens is 1. The highest BCUT2D eigenvalue weighted by Gasteiger charge is 2.41. The van der Waals surface area contributed by atoms with E-state index in [1.54, 1.807) is 6.08 Å². The first-order valence-corrected chi connectivity index (χ1v) is 9.66. The highest BCUT2D eigenvalue weighted by atomic mass is 35.5. The van der Waals surface area contributed by atoms with Crippen LogP contribution in [0.25, 0.3) is 0 Å². The Kier molecular flexibility index (Phi) is 4.86. The van der Waals surface area contributed by atoms with Crippen LogP contribution >= 0.6 is 11.6 Å². The molecule has 28 heavy (non-hydrogen) atoms. The first kappa shape index (κ1) is 18.6. The summed E-state index contributed by atoms with van der Waals surface area (Å²) in [6, 6.07) is 7.91. The molecule has 3 aliphatic rings. The molecule has 7 heteroatoms. The van der Waals surface area contributed by atoms with Crippen LogP contribution in [0.2, 0.25) is 0 Å². The van der Waals surface area contributed by atoms with Gasteiger partial charge in [-0.05, 0) is 54.5 Å². The van der Waals surface area contributed by atoms with E-state index in [4.69, 9.17) is 26.3 Å². The molecule has 1 aliphatic heterocycles. The first-order chi connectivity index (χ1) is 13.5. The third-order valence-electron chi connectivity index (χ3n) is 5.50. The number of rotatable bonds is 3. The molecule has 1 aromatic rings. The number of nitriles is 1. The third-order valence-corrected chi connectivity index (χ3v) is 5.82. The number of allylic oxidation sites excluding steroid dienone is 4. The number of nitrogens with one attached hydrogen (secondary N) is 1. The molecular weight excluding hydrogens is 380 g/mol. The van der Waals surface area contributed by atoms with E-state index in [-0.39, 0.29) is 17.7 Å². The van der Waals surface area contributed by atoms with Gasteiger partial charge in [0, 0.05) is 17.9 Å². The molecule has 0 spiro atoms. The molecule has 0 aromatic heterocycles. The van der Waals surface area contributed by atoms with Gasteiger partial charge in [-0.1, -0.05) is 24.6 Å². The number of fused-ring (bicyclic) bond motifs is 1. The molecule has 3 atom stereocenters. The van der Waals surface area contributed by atoms with Crippen molar-refractivity contribution in [3.63, 3.8) is 0 Å². The number of hydrogen-bond acceptors (Lipinski definition) is 5. The number of benzene rings is 1. The van der Waals surface area contributed by atoms with Crippen molar-refractivity contribution in [2.45, 2.75) is 44.6 Å². The van der Waals surface area contributed by atoms with Crippen molar-refractivity contribution >= 4 is 23.6 Å². The monoisotopic (exact) mass is 398 g/mol. The number of nitrogens with zero attached hydrogens (tertiary/aromatic N) is 1. The van der Waals surface area contributed by atoms with Gasteiger partial charge in [-0.3, -0.25) is 10.1 Å². The van der Waals surface area contributed by atoms with Crippen LogP contribution in [-0.2, 0) is 16.0 Å². The zero-order valence-electron chi connectivity index (χ0n) is 15.3. The molecule has 0 bridgehead atoms. The smallest absolute Gasteiger partial charge is 0.414 e. The minimum absolute atomic E-state index is 0.0556. The summed E-state index contributed by atoms with van der Waals surface area (Å²) in [5.41, 5.74) is 2.74. The van der Waals surface area contributed by atoms with E-state index in [2.05, 4.69) is 11.4 Å². The Morgan fingerprint density at radius 3 is 2.89 bits per heavy atom. The highest BCUT2D eigenvalue weighted by molar-refractivity contribution is 6.31. The second kappa shape index (κ2) is 7.33. The van der Waals surface area contributed by atoms with Crippen LogP contribution in [0.3, 0.4) is 0 Å². The Labute approximate surface area is 167 Å². The number of hydrogen-bond donors (Lipinski definition) is 1. The van der Waals surface area contributed by atoms with E-state index in [0.29, 0.717) is 28.5 Å². The lowest BCUT2D eigenvalue weighted by molar-refractivity contribution is -0.124. The summed E-state index contributed by atoms with van der Waals surface area (Å²) in [4.78, 5) is 23.4. The number of carbonyl (C=O) groups excluding carboxylic acids is 2. The van der Waals surface area contributed by atoms with Gasteiger partial charge in [-0.25, -0.2) is 4.79 Å². The Morgan fingerprint density at radius 2 is 2.18 bits per heavy atom. The van der Waals surface area contributed by atoms with E-state index in [1.807, 2.05) is 25.1 Å². The molecule has 0 saturated carbocycles. The highest BCUT2D eigenvalue weighted by Crippen LogP contribution is 2.39. The molecule has 0 radical (unpaired) electrons. The van der Waals surface area contributed by atoms with Gasteiger partial charge >= 0.3 is 6.09 Å². The van der Waals surface area contributed by atoms with E-state index >= 15 is 0 Å². The van der Waals surface area contributed by atoms with Crippen LogP contribution in [-0.4, -0.2) is 18.1 Å². The van der Waals surface area contributed by atoms with Crippen LogP contribution in [0.1, 0.15) is 43.2 Å². The summed E-state index contributed by atoms with van der Waals surface area (Å²) in [7, 11) is 0. The van der Waals surface area contributed by atoms with Gasteiger partial charge in [0.25, 0.3) is 5.91 Å². The van der Waals surface area contributed by atoms with Crippen molar-refractivity contribution < 1.29 is 19.1 Å². The number of aryl methyl sites for hydroxylation is 1. The molecule has 1 heterocycles. The minimum atomic E-state index is -0.774. The topological polar surface area (TPSA) is 88.4 Å². The molecule has 6 nitrogen and oxygen atoms in total. The average Bonchev–Trinajstić information content (AvgIpc) is 3.01. The lowest BCUT2D eigenvalue weighted by atomic mass is 9.79. The van der Waals surface area contributed by atoms with Crippen molar-refractivity contribution in [1.29, 1.82) is 5.26 Å². The van der Waals surface area contributed by atoms with Crippen molar-refractivity contribution in [3.05, 3.63) is 51.8 Å². The van der Waals surface area contributed by atoms with Gasteiger partial charge in [-0.15, -0.1) is 0 Å². The van der Waals surface area contributed by atoms with Gasteiger partial charge in [0.2, 0.25) is 0 Å². The summed E-state index contributed by atoms with van der Waals surface area (Å²) in [5, 5.41) is 11.8. The van der Waals surface area contributed by atoms with Crippen LogP contribution in [0.15, 0.2) is 40.6 Å². The summed E-state index contributed by atoms with van der Waals surface area (Å²) >= 11 is 6.29. The van der Waals surface area contributed by atoms with E-state index in [9.17, 15) is 9.59 Å². The Morgan fingerprint density at radius 1 is 1.36 bits per heavy atom. The van der Waals surface area contributed by atoms with E-state index < -0.39 is 12.2 Å². The van der Waals surface area contributed by atoms with Gasteiger partial charge < -0.3 is 9.47 Å². The third kappa shape index (κ3) is 3.38. The van der Waals surface area contributed by atoms with Gasteiger partial charge in [0.1, 0.15) is 11.5 Å². The number of carbonyl (C=O) groups is 2. The van der Waals surface area contributed by atoms with Crippen LogP contribution in [0, 0.1) is 17.2 Å². The van der Waals surface area contributed by atoms with Crippen LogP contribution in [0.5, 0.6) is 5.75 Å². The van der Waals surface area contributed by atoms with Crippen molar-refractivity contribution in [2.24, 2.45) is 5.92 Å². The average molecular weight is 399 g/mol. The molecule has 1 aromatic carbocycles. The lowest BCUT2D eigenvalue weighted by Gasteiger charge is -2.28. The molecule has 144 valence electrons. The number of imide groups is 1. The zero-order chi connectivity index (χ0) is 19.8. The Balaban J connectivity index is 1.58. The molecule has 2 amide bonds. The Hall–Kier alpha value is -2.78. The molecule has 1 N–H and O–H groups in total. The minimum Gasteiger partial charge on any atom is -0.460 e. The molecule has 2 aliphatic carbocycles. The maximum Gasteiger partial charge on any atom is 0.414 e. The van der Waals surface area contributed by atoms with Gasteiger partial charge in [0.15, 0.2) is 6.10 Å². The summed E-state index contributed by atoms with van der Waals surface area (Å²) in [6.07, 6.45) is 3.32. The maximum atomic E-state index is 12.0. The van der Waals surface area contributed by atoms with E-state index in [1.165, 1.54) is 0 Å². The van der Waals surface area contributed by atoms with Gasteiger partial charge in [-0.2, -0.15) is 5.26 Å². The second-order valence-electron chi connectivity index (χ2n) is 7.36. The largest absolute Gasteiger partial charge is 0.460 e. The van der Waals surface area contributed by atoms with Crippen LogP contribution < -0.4 is 10.1 Å². The first-order valence-electron chi connectivity index (χ1n) is 9.28. The van der Waals surface area contributed by atoms with E-state index in [0.717, 1.165) is 30.4 Å². The quantitative estimate of drug-likeness (QED) is 0.829. The summed E-state index contributed by atoms with van der Waals surface area (Å²) in [6.45, 7) is 1.97. The maximum absolute atomic E-state index is 12.0. The predicted molar refractivity (Wildman–Crippen MR) is 102 cm³/mol. The summed E-state index contributed by atoms with van der Waals surface area (Å²) < 4.78 is 11.2. The Bertz CT molecular complexity index is 960. The normalized spacial score (nSPS) is 26.8. The SMILES string of the molecule is CC1CC(Oc2ccc3c(c2)CCC[C@H]3C2OC(=O)NC2=O)=C(Cl)C=C1C#N. The number of amides is 2. The standard InChI is InChI=1S/C21H19ClN2O4/c1-11-7-18(17(22)9-13(11)10-23)27-14-5-6-15-12(8-14)3-2-4-16(15)19-20(25)24-21(26)28-19/h5-6,8-9,11,16,19H,2-4,7H2,1H3,(H,24,25,26)/t11?,16-,19?/m1/s1. The molecule has 1 saturated heterocycles. The fourth-order valence-corrected chi connectivity index (χ4v) is 4.29. The fraction of sp³-hybridized carbons (Fsp3) is 0.381. The summed E-state index contributed by atoms with van der Waals surface area (Å²) in [5.74, 6) is 0.838. The van der Waals surface area contributed by atoms with Crippen molar-refractivity contribution in [3.8, 4) is 11.8 Å². The van der Waals surface area contributed by atoms with Crippen molar-refractivity contribution in [2.75, 3.05) is 0 Å². The van der Waals surface area contributed by atoms with Crippen molar-refractivity contribution in [1.82, 2.24) is 5.32 Å². The molecule has 1 fully saturated rings. The number of ether oxygens (including phenoxy) is 2. The lowest BCUT2D eigenvalue weighted by Crippen LogP contribution is -2.31. The molecule has 2 unspecified atom stereocenters. The van der Waals surface area contributed by atoms with Gasteiger partial charge in [0.05, 0.1) is 11.1 Å². The second-order valence-corrected chi connectivity index (χ2v) is 7.77. The predicted octanol–water partition coefficient (Wildman–Crippen LogP) is 4.06. The molecular formula is C21H19ClN2O4. The number of alkyl carbamates (subject to hydrolysis) is 1. The number of cyclic esters (lactones) is 1. The molecule has 4 rings (SSSR count). The zero-order valence-corrected chi connectivity index (χ0v) is 16.1. The fourth-order valence-electron chi connectivity index (χ4n) is 4.06. The van der Waals surface area contributed by atoms with Crippen LogP contribution in [0.4, 0.5) is 4.79 Å².